The minimum atomic E-state index is -3.00. The second-order valence-electron chi connectivity index (χ2n) is 12.6. The van der Waals surface area contributed by atoms with Crippen LogP contribution in [0.2, 0.25) is 0 Å². The van der Waals surface area contributed by atoms with Gasteiger partial charge in [-0.25, -0.2) is 9.59 Å². The number of rotatable bonds is 27. The van der Waals surface area contributed by atoms with Crippen LogP contribution in [0.25, 0.3) is 0 Å². The van der Waals surface area contributed by atoms with Crippen LogP contribution in [0.15, 0.2) is 36.4 Å². The number of nitrogens with one attached hydrogen (secondary N) is 1. The molecule has 0 spiro atoms. The quantitative estimate of drug-likeness (QED) is 0.0556. The molecule has 0 aliphatic heterocycles. The van der Waals surface area contributed by atoms with Crippen LogP contribution in [0.5, 0.6) is 5.75 Å². The van der Waals surface area contributed by atoms with Gasteiger partial charge in [0.1, 0.15) is 17.6 Å². The van der Waals surface area contributed by atoms with Crippen LogP contribution in [0, 0.1) is 11.8 Å². The average Bonchev–Trinajstić information content (AvgIpc) is 2.99. The first kappa shape index (κ1) is 41.3. The van der Waals surface area contributed by atoms with E-state index in [2.05, 4.69) is 26.1 Å². The molecule has 0 unspecified atom stereocenters. The van der Waals surface area contributed by atoms with Gasteiger partial charge in [0.2, 0.25) is 5.91 Å². The number of carboxylic acids is 3. The molecule has 0 saturated carbocycles. The van der Waals surface area contributed by atoms with Crippen molar-refractivity contribution in [3.63, 3.8) is 0 Å². The molecule has 3 atom stereocenters. The number of carbonyl (C=O) groups is 5. The molecular weight excluding hydrogens is 606 g/mol. The third-order valence-electron chi connectivity index (χ3n) is 7.99. The summed E-state index contributed by atoms with van der Waals surface area (Å²) >= 11 is 0. The zero-order valence-corrected chi connectivity index (χ0v) is 28.2. The minimum absolute atomic E-state index is 0.138. The highest BCUT2D eigenvalue weighted by atomic mass is 16.5. The first-order valence-corrected chi connectivity index (χ1v) is 16.9. The molecule has 0 fully saturated rings. The number of benzene rings is 1. The molecule has 1 aromatic carbocycles. The van der Waals surface area contributed by atoms with Gasteiger partial charge < -0.3 is 30.5 Å². The third-order valence-corrected chi connectivity index (χ3v) is 7.99. The summed E-state index contributed by atoms with van der Waals surface area (Å²) in [7, 11) is 0. The largest absolute Gasteiger partial charge is 0.494 e. The van der Waals surface area contributed by atoms with Crippen LogP contribution >= 0.6 is 0 Å². The first-order chi connectivity index (χ1) is 22.3. The summed E-state index contributed by atoms with van der Waals surface area (Å²) in [5.41, 5.74) is -2.43. The average molecular weight is 662 g/mol. The Morgan fingerprint density at radius 1 is 0.872 bits per heavy atom. The number of aliphatic hydroxyl groups is 1. The van der Waals surface area contributed by atoms with E-state index in [1.807, 2.05) is 0 Å². The summed E-state index contributed by atoms with van der Waals surface area (Å²) in [6.45, 7) is 6.80. The second-order valence-corrected chi connectivity index (χ2v) is 12.6. The predicted octanol–water partition coefficient (Wildman–Crippen LogP) is 5.96. The molecule has 47 heavy (non-hydrogen) atoms. The molecule has 0 heterocycles. The molecule has 5 N–H and O–H groups in total. The van der Waals surface area contributed by atoms with Crippen molar-refractivity contribution in [3.05, 3.63) is 42.0 Å². The van der Waals surface area contributed by atoms with Crippen molar-refractivity contribution in [1.29, 1.82) is 0 Å². The highest BCUT2D eigenvalue weighted by molar-refractivity contribution is 5.94. The zero-order chi connectivity index (χ0) is 35.2. The van der Waals surface area contributed by atoms with Crippen molar-refractivity contribution >= 4 is 29.6 Å². The molecule has 264 valence electrons. The Hall–Kier alpha value is -3.73. The van der Waals surface area contributed by atoms with Crippen molar-refractivity contribution in [1.82, 2.24) is 5.32 Å². The monoisotopic (exact) mass is 661 g/mol. The maximum Gasteiger partial charge on any atom is 0.337 e. The van der Waals surface area contributed by atoms with Gasteiger partial charge in [-0.05, 0) is 55.7 Å². The lowest BCUT2D eigenvalue weighted by Crippen LogP contribution is -2.55. The van der Waals surface area contributed by atoms with E-state index in [0.717, 1.165) is 63.9 Å². The molecule has 1 rings (SSSR count). The summed E-state index contributed by atoms with van der Waals surface area (Å²) in [6, 6.07) is 5.23. The predicted molar refractivity (Wildman–Crippen MR) is 178 cm³/mol. The molecule has 0 radical (unpaired) electrons. The van der Waals surface area contributed by atoms with Crippen LogP contribution in [0.4, 0.5) is 0 Å². The Labute approximate surface area is 278 Å². The van der Waals surface area contributed by atoms with Gasteiger partial charge in [-0.2, -0.15) is 0 Å². The summed E-state index contributed by atoms with van der Waals surface area (Å²) in [5.74, 6) is -6.48. The van der Waals surface area contributed by atoms with E-state index in [9.17, 15) is 44.4 Å². The van der Waals surface area contributed by atoms with Crippen LogP contribution in [-0.4, -0.2) is 68.3 Å². The highest BCUT2D eigenvalue weighted by Crippen LogP contribution is 2.26. The molecule has 0 saturated heterocycles. The van der Waals surface area contributed by atoms with Gasteiger partial charge in [0.25, 0.3) is 0 Å². The molecule has 11 heteroatoms. The number of unbranched alkanes of at least 4 members (excludes halogenated alkanes) is 8. The van der Waals surface area contributed by atoms with Gasteiger partial charge in [-0.3, -0.25) is 14.4 Å². The Balaban J connectivity index is 2.80. The van der Waals surface area contributed by atoms with E-state index in [0.29, 0.717) is 55.3 Å². The van der Waals surface area contributed by atoms with E-state index in [1.54, 1.807) is 24.3 Å². The molecule has 0 aliphatic rings. The van der Waals surface area contributed by atoms with E-state index in [4.69, 9.17) is 4.74 Å². The molecule has 0 aliphatic carbocycles. The maximum absolute atomic E-state index is 13.3. The number of aliphatic carboxylic acids is 3. The van der Waals surface area contributed by atoms with E-state index in [-0.39, 0.29) is 6.42 Å². The Kier molecular flexibility index (Phi) is 20.0. The number of allylic oxidation sites excluding steroid dienone is 1. The van der Waals surface area contributed by atoms with E-state index >= 15 is 0 Å². The fourth-order valence-corrected chi connectivity index (χ4v) is 5.07. The van der Waals surface area contributed by atoms with Crippen LogP contribution in [-0.2, 0) is 30.4 Å². The standard InChI is InChI=1S/C36H55NO10/c1-4-5-12-15-28(38)16-13-10-8-6-7-9-11-14-17-30(36(46,35(44)45)25-32(39)40)33(41)37-31(34(42)43)24-27-18-20-29(21-19-27)47-23-22-26(2)3/h14,17-21,26,30-31,46H,4-13,15-16,22-25H2,1-3H3,(H,37,41)(H,39,40)(H,42,43)(H,44,45)/t30-,31+,36+/m1/s1. The van der Waals surface area contributed by atoms with Gasteiger partial charge in [0.05, 0.1) is 18.9 Å². The number of amides is 1. The maximum atomic E-state index is 13.3. The zero-order valence-electron chi connectivity index (χ0n) is 28.2. The van der Waals surface area contributed by atoms with Gasteiger partial charge in [-0.1, -0.05) is 83.6 Å². The normalized spacial score (nSPS) is 14.0. The number of hydrogen-bond acceptors (Lipinski definition) is 7. The van der Waals surface area contributed by atoms with Gasteiger partial charge in [0, 0.05) is 19.3 Å². The fourth-order valence-electron chi connectivity index (χ4n) is 5.07. The Morgan fingerprint density at radius 2 is 1.47 bits per heavy atom. The molecule has 0 aromatic heterocycles. The smallest absolute Gasteiger partial charge is 0.337 e. The fraction of sp³-hybridized carbons (Fsp3) is 0.639. The summed E-state index contributed by atoms with van der Waals surface area (Å²) in [4.78, 5) is 60.8. The molecule has 0 bridgehead atoms. The number of carboxylic acid groups (broad SMARTS) is 3. The number of Topliss-reactive ketones (excluding diaryl/α,β-unsaturated/α-hetero) is 1. The molecule has 1 aromatic rings. The number of ether oxygens (including phenoxy) is 1. The van der Waals surface area contributed by atoms with Crippen LogP contribution in [0.1, 0.15) is 116 Å². The Bertz CT molecular complexity index is 1150. The lowest BCUT2D eigenvalue weighted by molar-refractivity contribution is -0.172. The van der Waals surface area contributed by atoms with Crippen molar-refractivity contribution in [2.75, 3.05) is 6.61 Å². The van der Waals surface area contributed by atoms with Crippen LogP contribution < -0.4 is 10.1 Å². The summed E-state index contributed by atoms with van der Waals surface area (Å²) in [6.07, 6.45) is 12.3. The first-order valence-electron chi connectivity index (χ1n) is 16.9. The minimum Gasteiger partial charge on any atom is -0.494 e. The highest BCUT2D eigenvalue weighted by Gasteiger charge is 2.49. The second kappa shape index (κ2) is 22.7. The third kappa shape index (κ3) is 17.1. The van der Waals surface area contributed by atoms with Crippen molar-refractivity contribution in [3.8, 4) is 5.75 Å². The molecule has 1 amide bonds. The number of carbonyl (C=O) groups excluding carboxylic acids is 2. The Morgan fingerprint density at radius 3 is 2.02 bits per heavy atom. The number of ketones is 1. The van der Waals surface area contributed by atoms with Crippen molar-refractivity contribution in [2.45, 2.75) is 129 Å². The SMILES string of the molecule is CCCCCC(=O)CCCCCCCCC=C[C@H](C(=O)N[C@@H](Cc1ccc(OCCC(C)C)cc1)C(=O)O)[C@@](O)(CC(=O)O)C(=O)O. The van der Waals surface area contributed by atoms with E-state index in [1.165, 1.54) is 6.08 Å². The lowest BCUT2D eigenvalue weighted by atomic mass is 9.82. The van der Waals surface area contributed by atoms with Gasteiger partial charge >= 0.3 is 17.9 Å². The lowest BCUT2D eigenvalue weighted by Gasteiger charge is -2.29. The van der Waals surface area contributed by atoms with Crippen molar-refractivity contribution < 1.29 is 49.1 Å². The molecule has 11 nitrogen and oxygen atoms in total. The van der Waals surface area contributed by atoms with Gasteiger partial charge in [-0.15, -0.1) is 0 Å². The van der Waals surface area contributed by atoms with Gasteiger partial charge in [0.15, 0.2) is 5.60 Å². The van der Waals surface area contributed by atoms with Crippen molar-refractivity contribution in [2.24, 2.45) is 11.8 Å². The summed E-state index contributed by atoms with van der Waals surface area (Å²) in [5, 5.41) is 42.1. The topological polar surface area (TPSA) is 188 Å². The van der Waals surface area contributed by atoms with E-state index < -0.39 is 47.8 Å². The number of hydrogen-bond donors (Lipinski definition) is 5. The molecular formula is C36H55NO10. The summed E-state index contributed by atoms with van der Waals surface area (Å²) < 4.78 is 5.68. The van der Waals surface area contributed by atoms with Crippen LogP contribution in [0.3, 0.4) is 0 Å².